The van der Waals surface area contributed by atoms with E-state index in [1.165, 1.54) is 5.56 Å². The summed E-state index contributed by atoms with van der Waals surface area (Å²) >= 11 is 0. The standard InChI is InChI=1S/C12H17NO2/c1-15-11-3-2-9-4-5-12(14,8-13)7-10(9)6-11/h2-3,6,14H,4-5,7-8,13H2,1H3. The Morgan fingerprint density at radius 3 is 2.93 bits per heavy atom. The van der Waals surface area contributed by atoms with Crippen LogP contribution in [0.3, 0.4) is 0 Å². The van der Waals surface area contributed by atoms with Crippen LogP contribution in [0.1, 0.15) is 17.5 Å². The quantitative estimate of drug-likeness (QED) is 0.756. The van der Waals surface area contributed by atoms with E-state index in [0.717, 1.165) is 24.2 Å². The van der Waals surface area contributed by atoms with Gasteiger partial charge in [-0.1, -0.05) is 6.07 Å². The molecule has 0 spiro atoms. The molecule has 82 valence electrons. The Morgan fingerprint density at radius 2 is 2.27 bits per heavy atom. The number of hydrogen-bond acceptors (Lipinski definition) is 3. The first kappa shape index (κ1) is 10.5. The predicted octanol–water partition coefficient (Wildman–Crippen LogP) is 0.874. The Labute approximate surface area is 89.9 Å². The van der Waals surface area contributed by atoms with Gasteiger partial charge in [-0.15, -0.1) is 0 Å². The minimum Gasteiger partial charge on any atom is -0.497 e. The number of fused-ring (bicyclic) bond motifs is 1. The largest absolute Gasteiger partial charge is 0.497 e. The first-order valence-electron chi connectivity index (χ1n) is 5.25. The zero-order chi connectivity index (χ0) is 10.9. The van der Waals surface area contributed by atoms with E-state index >= 15 is 0 Å². The number of methoxy groups -OCH3 is 1. The molecule has 1 unspecified atom stereocenters. The summed E-state index contributed by atoms with van der Waals surface area (Å²) in [5, 5.41) is 10.1. The van der Waals surface area contributed by atoms with Gasteiger partial charge in [0.1, 0.15) is 5.75 Å². The van der Waals surface area contributed by atoms with Crippen LogP contribution < -0.4 is 10.5 Å². The van der Waals surface area contributed by atoms with Crippen LogP contribution in [-0.2, 0) is 12.8 Å². The SMILES string of the molecule is COc1ccc2c(c1)CC(O)(CN)CC2. The molecule has 1 atom stereocenters. The monoisotopic (exact) mass is 207 g/mol. The van der Waals surface area contributed by atoms with E-state index < -0.39 is 5.60 Å². The molecule has 15 heavy (non-hydrogen) atoms. The van der Waals surface area contributed by atoms with Crippen molar-refractivity contribution >= 4 is 0 Å². The van der Waals surface area contributed by atoms with Crippen LogP contribution in [0.4, 0.5) is 0 Å². The highest BCUT2D eigenvalue weighted by molar-refractivity contribution is 5.38. The van der Waals surface area contributed by atoms with E-state index in [2.05, 4.69) is 6.07 Å². The molecule has 3 heteroatoms. The number of ether oxygens (including phenoxy) is 1. The molecule has 0 fully saturated rings. The number of nitrogens with two attached hydrogens (primary N) is 1. The highest BCUT2D eigenvalue weighted by atomic mass is 16.5. The predicted molar refractivity (Wildman–Crippen MR) is 59.0 cm³/mol. The third-order valence-electron chi connectivity index (χ3n) is 3.17. The van der Waals surface area contributed by atoms with Gasteiger partial charge < -0.3 is 15.6 Å². The lowest BCUT2D eigenvalue weighted by Crippen LogP contribution is -2.42. The lowest BCUT2D eigenvalue weighted by Gasteiger charge is -2.32. The maximum absolute atomic E-state index is 10.1. The van der Waals surface area contributed by atoms with Crippen molar-refractivity contribution in [2.75, 3.05) is 13.7 Å². The molecule has 0 aliphatic heterocycles. The number of rotatable bonds is 2. The zero-order valence-electron chi connectivity index (χ0n) is 8.99. The summed E-state index contributed by atoms with van der Waals surface area (Å²) in [4.78, 5) is 0. The Morgan fingerprint density at radius 1 is 1.47 bits per heavy atom. The first-order chi connectivity index (χ1) is 7.17. The maximum Gasteiger partial charge on any atom is 0.119 e. The third kappa shape index (κ3) is 1.98. The summed E-state index contributed by atoms with van der Waals surface area (Å²) in [7, 11) is 1.65. The van der Waals surface area contributed by atoms with Crippen molar-refractivity contribution in [1.82, 2.24) is 0 Å². The molecule has 0 heterocycles. The smallest absolute Gasteiger partial charge is 0.119 e. The molecular formula is C12H17NO2. The van der Waals surface area contributed by atoms with Gasteiger partial charge in [-0.2, -0.15) is 0 Å². The van der Waals surface area contributed by atoms with Crippen LogP contribution in [0.25, 0.3) is 0 Å². The van der Waals surface area contributed by atoms with Crippen LogP contribution in [-0.4, -0.2) is 24.4 Å². The van der Waals surface area contributed by atoms with Crippen molar-refractivity contribution in [3.05, 3.63) is 29.3 Å². The Balaban J connectivity index is 2.31. The van der Waals surface area contributed by atoms with E-state index in [0.29, 0.717) is 13.0 Å². The molecule has 0 saturated heterocycles. The Hall–Kier alpha value is -1.06. The lowest BCUT2D eigenvalue weighted by molar-refractivity contribution is 0.0353. The first-order valence-corrected chi connectivity index (χ1v) is 5.25. The number of hydrogen-bond donors (Lipinski definition) is 2. The van der Waals surface area contributed by atoms with Crippen LogP contribution in [0.2, 0.25) is 0 Å². The van der Waals surface area contributed by atoms with Gasteiger partial charge in [-0.3, -0.25) is 0 Å². The summed E-state index contributed by atoms with van der Waals surface area (Å²) in [5.74, 6) is 0.843. The molecule has 2 rings (SSSR count). The lowest BCUT2D eigenvalue weighted by atomic mass is 9.80. The molecule has 0 radical (unpaired) electrons. The minimum absolute atomic E-state index is 0.323. The van der Waals surface area contributed by atoms with E-state index in [1.54, 1.807) is 7.11 Å². The highest BCUT2D eigenvalue weighted by Crippen LogP contribution is 2.30. The van der Waals surface area contributed by atoms with Gasteiger partial charge in [0.25, 0.3) is 0 Å². The van der Waals surface area contributed by atoms with Gasteiger partial charge in [-0.05, 0) is 36.1 Å². The molecule has 1 aliphatic rings. The second kappa shape index (κ2) is 3.83. The van der Waals surface area contributed by atoms with E-state index in [-0.39, 0.29) is 0 Å². The molecular weight excluding hydrogens is 190 g/mol. The average Bonchev–Trinajstić information content (AvgIpc) is 2.28. The molecule has 1 aromatic carbocycles. The van der Waals surface area contributed by atoms with Crippen molar-refractivity contribution in [3.8, 4) is 5.75 Å². The fraction of sp³-hybridized carbons (Fsp3) is 0.500. The normalized spacial score (nSPS) is 24.7. The van der Waals surface area contributed by atoms with Gasteiger partial charge in [0.05, 0.1) is 12.7 Å². The van der Waals surface area contributed by atoms with Crippen molar-refractivity contribution in [2.45, 2.75) is 24.9 Å². The molecule has 1 aliphatic carbocycles. The second-order valence-corrected chi connectivity index (χ2v) is 4.24. The topological polar surface area (TPSA) is 55.5 Å². The average molecular weight is 207 g/mol. The number of benzene rings is 1. The van der Waals surface area contributed by atoms with Gasteiger partial charge in [0.15, 0.2) is 0 Å². The second-order valence-electron chi connectivity index (χ2n) is 4.24. The fourth-order valence-corrected chi connectivity index (χ4v) is 2.12. The number of aliphatic hydroxyl groups is 1. The number of aryl methyl sites for hydroxylation is 1. The molecule has 0 amide bonds. The Kier molecular flexibility index (Phi) is 2.67. The maximum atomic E-state index is 10.1. The van der Waals surface area contributed by atoms with Crippen LogP contribution in [0.15, 0.2) is 18.2 Å². The fourth-order valence-electron chi connectivity index (χ4n) is 2.12. The highest BCUT2D eigenvalue weighted by Gasteiger charge is 2.30. The van der Waals surface area contributed by atoms with E-state index in [4.69, 9.17) is 10.5 Å². The molecule has 0 aromatic heterocycles. The van der Waals surface area contributed by atoms with Gasteiger partial charge in [0.2, 0.25) is 0 Å². The van der Waals surface area contributed by atoms with Crippen molar-refractivity contribution < 1.29 is 9.84 Å². The molecule has 0 bridgehead atoms. The van der Waals surface area contributed by atoms with Crippen LogP contribution in [0, 0.1) is 0 Å². The summed E-state index contributed by atoms with van der Waals surface area (Å²) in [6.07, 6.45) is 2.28. The van der Waals surface area contributed by atoms with Crippen LogP contribution in [0.5, 0.6) is 5.75 Å². The van der Waals surface area contributed by atoms with Crippen molar-refractivity contribution in [2.24, 2.45) is 5.73 Å². The molecule has 0 saturated carbocycles. The third-order valence-corrected chi connectivity index (χ3v) is 3.17. The minimum atomic E-state index is -0.723. The van der Waals surface area contributed by atoms with Crippen LogP contribution >= 0.6 is 0 Å². The van der Waals surface area contributed by atoms with Gasteiger partial charge in [-0.25, -0.2) is 0 Å². The van der Waals surface area contributed by atoms with E-state index in [1.807, 2.05) is 12.1 Å². The molecule has 3 nitrogen and oxygen atoms in total. The van der Waals surface area contributed by atoms with Crippen molar-refractivity contribution in [3.63, 3.8) is 0 Å². The molecule has 3 N–H and O–H groups in total. The molecule has 1 aromatic rings. The summed E-state index contributed by atoms with van der Waals surface area (Å²) < 4.78 is 5.17. The van der Waals surface area contributed by atoms with E-state index in [9.17, 15) is 5.11 Å². The zero-order valence-corrected chi connectivity index (χ0v) is 8.99. The summed E-state index contributed by atoms with van der Waals surface area (Å²) in [5.41, 5.74) is 7.32. The van der Waals surface area contributed by atoms with Gasteiger partial charge >= 0.3 is 0 Å². The Bertz CT molecular complexity index is 365. The van der Waals surface area contributed by atoms with Crippen molar-refractivity contribution in [1.29, 1.82) is 0 Å². The summed E-state index contributed by atoms with van der Waals surface area (Å²) in [6.45, 7) is 0.323. The summed E-state index contributed by atoms with van der Waals surface area (Å²) in [6, 6.07) is 6.03. The van der Waals surface area contributed by atoms with Gasteiger partial charge in [0, 0.05) is 13.0 Å².